The fourth-order valence-electron chi connectivity index (χ4n) is 3.54. The molecule has 2 aromatic rings. The topological polar surface area (TPSA) is 28.2 Å². The molecule has 112 valence electrons. The summed E-state index contributed by atoms with van der Waals surface area (Å²) in [6.07, 6.45) is 7.57. The summed E-state index contributed by atoms with van der Waals surface area (Å²) in [6, 6.07) is 8.63. The predicted molar refractivity (Wildman–Crippen MR) is 89.7 cm³/mol. The maximum atomic E-state index is 4.75. The molecular weight excluding hydrogens is 258 g/mol. The van der Waals surface area contributed by atoms with E-state index in [0.717, 1.165) is 24.8 Å². The highest BCUT2D eigenvalue weighted by Gasteiger charge is 2.19. The van der Waals surface area contributed by atoms with Crippen LogP contribution in [-0.2, 0) is 6.54 Å². The highest BCUT2D eigenvalue weighted by atomic mass is 15.2. The molecule has 3 heteroatoms. The molecule has 21 heavy (non-hydrogen) atoms. The fraction of sp³-hybridized carbons (Fsp3) is 0.500. The Labute approximate surface area is 127 Å². The maximum absolute atomic E-state index is 4.75. The van der Waals surface area contributed by atoms with Crippen LogP contribution in [-0.4, -0.2) is 25.6 Å². The van der Waals surface area contributed by atoms with E-state index >= 15 is 0 Å². The summed E-state index contributed by atoms with van der Waals surface area (Å²) >= 11 is 0. The Morgan fingerprint density at radius 1 is 1.19 bits per heavy atom. The second-order valence-corrected chi connectivity index (χ2v) is 6.21. The molecule has 0 bridgehead atoms. The zero-order valence-electron chi connectivity index (χ0n) is 13.1. The van der Waals surface area contributed by atoms with E-state index in [1.165, 1.54) is 42.0 Å². The molecule has 0 atom stereocenters. The lowest BCUT2D eigenvalue weighted by atomic mass is 10.1. The van der Waals surface area contributed by atoms with Gasteiger partial charge in [-0.05, 0) is 36.8 Å². The van der Waals surface area contributed by atoms with Crippen LogP contribution >= 0.6 is 0 Å². The van der Waals surface area contributed by atoms with Gasteiger partial charge in [0, 0.05) is 31.7 Å². The van der Waals surface area contributed by atoms with E-state index in [1.54, 1.807) is 0 Å². The molecule has 0 radical (unpaired) electrons. The molecule has 1 fully saturated rings. The third-order valence-electron chi connectivity index (χ3n) is 4.59. The number of aromatic nitrogens is 1. The van der Waals surface area contributed by atoms with Gasteiger partial charge in [0.1, 0.15) is 5.82 Å². The van der Waals surface area contributed by atoms with Crippen LogP contribution in [0.15, 0.2) is 30.5 Å². The van der Waals surface area contributed by atoms with Gasteiger partial charge in [-0.2, -0.15) is 0 Å². The van der Waals surface area contributed by atoms with E-state index in [4.69, 9.17) is 4.98 Å². The van der Waals surface area contributed by atoms with Gasteiger partial charge in [0.2, 0.25) is 0 Å². The largest absolute Gasteiger partial charge is 0.359 e. The van der Waals surface area contributed by atoms with Crippen molar-refractivity contribution < 1.29 is 0 Å². The molecule has 3 nitrogen and oxygen atoms in total. The standard InChI is InChI=1S/C18H25N3/c1-19-11-15-12-20-18(17-10-6-5-9-16(15)17)21(2)13-14-7-3-4-8-14/h5-6,9-10,12,14,19H,3-4,7-8,11,13H2,1-2H3. The summed E-state index contributed by atoms with van der Waals surface area (Å²) in [5.41, 5.74) is 1.27. The van der Waals surface area contributed by atoms with Crippen molar-refractivity contribution in [1.29, 1.82) is 0 Å². The average molecular weight is 283 g/mol. The van der Waals surface area contributed by atoms with Crippen molar-refractivity contribution >= 4 is 16.6 Å². The minimum Gasteiger partial charge on any atom is -0.359 e. The zero-order chi connectivity index (χ0) is 14.7. The van der Waals surface area contributed by atoms with Crippen LogP contribution in [0.4, 0.5) is 5.82 Å². The number of nitrogens with zero attached hydrogens (tertiary/aromatic N) is 2. The molecule has 1 N–H and O–H groups in total. The number of anilines is 1. The highest BCUT2D eigenvalue weighted by Crippen LogP contribution is 2.30. The molecule has 0 spiro atoms. The molecule has 1 saturated carbocycles. The lowest BCUT2D eigenvalue weighted by Gasteiger charge is -2.24. The van der Waals surface area contributed by atoms with E-state index in [-0.39, 0.29) is 0 Å². The molecule has 1 aliphatic rings. The van der Waals surface area contributed by atoms with E-state index in [1.807, 2.05) is 13.2 Å². The van der Waals surface area contributed by atoms with E-state index < -0.39 is 0 Å². The summed E-state index contributed by atoms with van der Waals surface area (Å²) in [4.78, 5) is 7.10. The lowest BCUT2D eigenvalue weighted by molar-refractivity contribution is 0.545. The number of hydrogen-bond acceptors (Lipinski definition) is 3. The van der Waals surface area contributed by atoms with Crippen LogP contribution in [0.1, 0.15) is 31.2 Å². The zero-order valence-corrected chi connectivity index (χ0v) is 13.1. The molecule has 1 aromatic carbocycles. The SMILES string of the molecule is CNCc1cnc(N(C)CC2CCCC2)c2ccccc12. The van der Waals surface area contributed by atoms with Crippen LogP contribution in [0.2, 0.25) is 0 Å². The predicted octanol–water partition coefficient (Wildman–Crippen LogP) is 3.58. The van der Waals surface area contributed by atoms with Gasteiger partial charge in [-0.25, -0.2) is 4.98 Å². The first-order valence-corrected chi connectivity index (χ1v) is 8.02. The summed E-state index contributed by atoms with van der Waals surface area (Å²) < 4.78 is 0. The monoisotopic (exact) mass is 283 g/mol. The lowest BCUT2D eigenvalue weighted by Crippen LogP contribution is -2.25. The Kier molecular flexibility index (Phi) is 4.39. The molecule has 0 unspecified atom stereocenters. The van der Waals surface area contributed by atoms with Gasteiger partial charge < -0.3 is 10.2 Å². The van der Waals surface area contributed by atoms with E-state index in [9.17, 15) is 0 Å². The molecule has 0 amide bonds. The first-order chi connectivity index (χ1) is 10.3. The molecule has 0 aliphatic heterocycles. The van der Waals surface area contributed by atoms with Crippen LogP contribution in [0.25, 0.3) is 10.8 Å². The summed E-state index contributed by atoms with van der Waals surface area (Å²) in [5, 5.41) is 5.81. The second kappa shape index (κ2) is 6.44. The Morgan fingerprint density at radius 2 is 1.90 bits per heavy atom. The van der Waals surface area contributed by atoms with Gasteiger partial charge in [0.05, 0.1) is 0 Å². The number of pyridine rings is 1. The van der Waals surface area contributed by atoms with Crippen molar-refractivity contribution in [1.82, 2.24) is 10.3 Å². The Bertz CT molecular complexity index is 602. The minimum absolute atomic E-state index is 0.840. The molecule has 1 heterocycles. The molecule has 3 rings (SSSR count). The first-order valence-electron chi connectivity index (χ1n) is 8.02. The average Bonchev–Trinajstić information content (AvgIpc) is 3.00. The van der Waals surface area contributed by atoms with Gasteiger partial charge in [-0.1, -0.05) is 37.1 Å². The van der Waals surface area contributed by atoms with Crippen molar-refractivity contribution in [3.8, 4) is 0 Å². The van der Waals surface area contributed by atoms with Crippen molar-refractivity contribution in [2.24, 2.45) is 5.92 Å². The van der Waals surface area contributed by atoms with Crippen LogP contribution in [0.5, 0.6) is 0 Å². The number of hydrogen-bond donors (Lipinski definition) is 1. The molecule has 1 aliphatic carbocycles. The van der Waals surface area contributed by atoms with Crippen LogP contribution in [0, 0.1) is 5.92 Å². The fourth-order valence-corrected chi connectivity index (χ4v) is 3.54. The van der Waals surface area contributed by atoms with Crippen LogP contribution < -0.4 is 10.2 Å². The maximum Gasteiger partial charge on any atom is 0.136 e. The summed E-state index contributed by atoms with van der Waals surface area (Å²) in [7, 11) is 4.17. The van der Waals surface area contributed by atoms with Gasteiger partial charge in [0.25, 0.3) is 0 Å². The van der Waals surface area contributed by atoms with Crippen molar-refractivity contribution in [3.05, 3.63) is 36.0 Å². The van der Waals surface area contributed by atoms with Gasteiger partial charge in [-0.15, -0.1) is 0 Å². The van der Waals surface area contributed by atoms with Crippen molar-refractivity contribution in [2.45, 2.75) is 32.2 Å². The third-order valence-corrected chi connectivity index (χ3v) is 4.59. The second-order valence-electron chi connectivity index (χ2n) is 6.21. The Morgan fingerprint density at radius 3 is 2.62 bits per heavy atom. The number of fused-ring (bicyclic) bond motifs is 1. The van der Waals surface area contributed by atoms with Gasteiger partial charge in [0.15, 0.2) is 0 Å². The summed E-state index contributed by atoms with van der Waals surface area (Å²) in [6.45, 7) is 1.99. The van der Waals surface area contributed by atoms with Crippen LogP contribution in [0.3, 0.4) is 0 Å². The van der Waals surface area contributed by atoms with Crippen molar-refractivity contribution in [2.75, 3.05) is 25.5 Å². The normalized spacial score (nSPS) is 15.7. The molecule has 0 saturated heterocycles. The summed E-state index contributed by atoms with van der Waals surface area (Å²) in [5.74, 6) is 1.96. The Balaban J connectivity index is 1.92. The Hall–Kier alpha value is -1.61. The minimum atomic E-state index is 0.840. The van der Waals surface area contributed by atoms with Gasteiger partial charge in [-0.3, -0.25) is 0 Å². The number of rotatable bonds is 5. The van der Waals surface area contributed by atoms with E-state index in [2.05, 4.69) is 41.5 Å². The van der Waals surface area contributed by atoms with Gasteiger partial charge >= 0.3 is 0 Å². The first kappa shape index (κ1) is 14.3. The smallest absolute Gasteiger partial charge is 0.136 e. The number of nitrogens with one attached hydrogen (secondary N) is 1. The molecular formula is C18H25N3. The third kappa shape index (κ3) is 3.03. The van der Waals surface area contributed by atoms with E-state index in [0.29, 0.717) is 0 Å². The number of benzene rings is 1. The quantitative estimate of drug-likeness (QED) is 0.909. The molecule has 1 aromatic heterocycles. The van der Waals surface area contributed by atoms with Crippen molar-refractivity contribution in [3.63, 3.8) is 0 Å². The highest BCUT2D eigenvalue weighted by molar-refractivity contribution is 5.94.